The number of pyridine rings is 2. The molecule has 0 unspecified atom stereocenters. The normalized spacial score (nSPS) is 11.2. The summed E-state index contributed by atoms with van der Waals surface area (Å²) in [4.78, 5) is 37.5. The van der Waals surface area contributed by atoms with Gasteiger partial charge in [0.25, 0.3) is 8.53 Å². The third-order valence-electron chi connectivity index (χ3n) is 5.19. The van der Waals surface area contributed by atoms with E-state index in [0.29, 0.717) is 28.6 Å². The summed E-state index contributed by atoms with van der Waals surface area (Å²) in [5.41, 5.74) is 4.51. The van der Waals surface area contributed by atoms with Crippen LogP contribution in [-0.2, 0) is 6.54 Å². The van der Waals surface area contributed by atoms with Crippen molar-refractivity contribution in [3.8, 4) is 22.5 Å². The average molecular weight is 501 g/mol. The maximum atomic E-state index is 9.16. The average Bonchev–Trinajstić information content (AvgIpc) is 2.91. The van der Waals surface area contributed by atoms with Crippen LogP contribution in [0.25, 0.3) is 33.4 Å². The van der Waals surface area contributed by atoms with Gasteiger partial charge in [-0.3, -0.25) is 9.97 Å². The van der Waals surface area contributed by atoms with Crippen molar-refractivity contribution in [3.05, 3.63) is 97.1 Å². The Morgan fingerprint density at radius 1 is 0.857 bits per heavy atom. The first-order chi connectivity index (χ1) is 17.2. The van der Waals surface area contributed by atoms with Gasteiger partial charge >= 0.3 is 0 Å². The standard InChI is InChI=1S/C25H21N6O2PS/c32-34(33)31-35-20-13-18(14-26-16-20)24-29-22-11-6-10-21(17-7-2-1-3-8-17)23(22)25(30-24)28-15-19-9-4-5-12-27-19/h1-14,16,31-33H,15H2,(H,28,29,30). The second kappa shape index (κ2) is 10.9. The monoisotopic (exact) mass is 500 g/mol. The van der Waals surface area contributed by atoms with Gasteiger partial charge in [-0.25, -0.2) is 9.97 Å². The summed E-state index contributed by atoms with van der Waals surface area (Å²) in [6.07, 6.45) is 5.09. The summed E-state index contributed by atoms with van der Waals surface area (Å²) in [7, 11) is -2.23. The van der Waals surface area contributed by atoms with Gasteiger partial charge in [-0.1, -0.05) is 48.5 Å². The van der Waals surface area contributed by atoms with Crippen molar-refractivity contribution >= 4 is 37.2 Å². The summed E-state index contributed by atoms with van der Waals surface area (Å²) in [5, 5.41) is 4.38. The molecular formula is C25H21N6O2PS. The second-order valence-electron chi connectivity index (χ2n) is 7.53. The van der Waals surface area contributed by atoms with Crippen molar-refractivity contribution < 1.29 is 9.79 Å². The molecular weight excluding hydrogens is 479 g/mol. The molecule has 5 aromatic rings. The summed E-state index contributed by atoms with van der Waals surface area (Å²) < 4.78 is 2.54. The summed E-state index contributed by atoms with van der Waals surface area (Å²) in [6, 6.07) is 23.8. The number of benzene rings is 2. The van der Waals surface area contributed by atoms with Crippen LogP contribution in [0.5, 0.6) is 0 Å². The van der Waals surface area contributed by atoms with Crippen LogP contribution < -0.4 is 9.81 Å². The molecule has 0 aliphatic heterocycles. The highest BCUT2D eigenvalue weighted by Gasteiger charge is 2.15. The third kappa shape index (κ3) is 5.62. The molecule has 0 aliphatic rings. The minimum Gasteiger partial charge on any atom is -0.364 e. The van der Waals surface area contributed by atoms with E-state index in [2.05, 4.69) is 38.0 Å². The van der Waals surface area contributed by atoms with Gasteiger partial charge in [0.05, 0.1) is 23.1 Å². The van der Waals surface area contributed by atoms with Crippen molar-refractivity contribution in [1.29, 1.82) is 0 Å². The number of fused-ring (bicyclic) bond motifs is 1. The van der Waals surface area contributed by atoms with Gasteiger partial charge in [0.2, 0.25) is 0 Å². The predicted octanol–water partition coefficient (Wildman–Crippen LogP) is 5.17. The maximum Gasteiger partial charge on any atom is 0.260 e. The summed E-state index contributed by atoms with van der Waals surface area (Å²) >= 11 is 1.09. The molecule has 35 heavy (non-hydrogen) atoms. The van der Waals surface area contributed by atoms with Gasteiger partial charge in [0, 0.05) is 29.0 Å². The van der Waals surface area contributed by atoms with E-state index in [4.69, 9.17) is 19.8 Å². The van der Waals surface area contributed by atoms with Crippen LogP contribution in [0.4, 0.5) is 5.82 Å². The van der Waals surface area contributed by atoms with E-state index in [9.17, 15) is 0 Å². The van der Waals surface area contributed by atoms with Crippen molar-refractivity contribution in [2.75, 3.05) is 5.32 Å². The van der Waals surface area contributed by atoms with E-state index in [-0.39, 0.29) is 0 Å². The van der Waals surface area contributed by atoms with E-state index in [1.165, 1.54) is 0 Å². The maximum absolute atomic E-state index is 9.16. The number of hydrogen-bond donors (Lipinski definition) is 4. The number of nitrogens with one attached hydrogen (secondary N) is 2. The molecule has 3 heterocycles. The number of hydrogen-bond acceptors (Lipinski definition) is 9. The Balaban J connectivity index is 1.61. The van der Waals surface area contributed by atoms with Crippen LogP contribution in [0.3, 0.4) is 0 Å². The molecule has 3 aromatic heterocycles. The van der Waals surface area contributed by atoms with Crippen molar-refractivity contribution in [1.82, 2.24) is 24.4 Å². The van der Waals surface area contributed by atoms with Crippen molar-refractivity contribution in [3.63, 3.8) is 0 Å². The minimum absolute atomic E-state index is 0.504. The zero-order valence-electron chi connectivity index (χ0n) is 18.4. The second-order valence-corrected chi connectivity index (χ2v) is 9.51. The molecule has 0 aliphatic carbocycles. The molecule has 5 rings (SSSR count). The predicted molar refractivity (Wildman–Crippen MR) is 140 cm³/mol. The highest BCUT2D eigenvalue weighted by molar-refractivity contribution is 8.01. The van der Waals surface area contributed by atoms with Crippen LogP contribution in [0.1, 0.15) is 5.69 Å². The van der Waals surface area contributed by atoms with Gasteiger partial charge in [0.15, 0.2) is 5.82 Å². The van der Waals surface area contributed by atoms with E-state index in [1.807, 2.05) is 54.6 Å². The van der Waals surface area contributed by atoms with E-state index in [1.54, 1.807) is 18.6 Å². The molecule has 4 N–H and O–H groups in total. The Kier molecular flexibility index (Phi) is 7.23. The Bertz CT molecular complexity index is 1440. The van der Waals surface area contributed by atoms with Gasteiger partial charge in [-0.2, -0.15) is 4.49 Å². The molecule has 0 radical (unpaired) electrons. The number of anilines is 1. The zero-order valence-corrected chi connectivity index (χ0v) is 20.1. The largest absolute Gasteiger partial charge is 0.364 e. The lowest BCUT2D eigenvalue weighted by molar-refractivity contribution is 0.480. The van der Waals surface area contributed by atoms with Crippen molar-refractivity contribution in [2.24, 2.45) is 0 Å². The van der Waals surface area contributed by atoms with Crippen LogP contribution in [0.15, 0.2) is 96.3 Å². The van der Waals surface area contributed by atoms with Crippen LogP contribution in [0, 0.1) is 0 Å². The minimum atomic E-state index is -2.23. The number of rotatable bonds is 8. The van der Waals surface area contributed by atoms with Gasteiger partial charge in [0.1, 0.15) is 5.82 Å². The zero-order chi connectivity index (χ0) is 24.0. The lowest BCUT2D eigenvalue weighted by Crippen LogP contribution is -2.06. The lowest BCUT2D eigenvalue weighted by atomic mass is 10.0. The van der Waals surface area contributed by atoms with Crippen LogP contribution in [0.2, 0.25) is 0 Å². The Morgan fingerprint density at radius 3 is 2.51 bits per heavy atom. The van der Waals surface area contributed by atoms with Gasteiger partial charge in [-0.05, 0) is 47.3 Å². The Hall–Kier alpha value is -3.46. The van der Waals surface area contributed by atoms with E-state index < -0.39 is 8.53 Å². The third-order valence-corrected chi connectivity index (χ3v) is 6.67. The number of aromatic nitrogens is 4. The van der Waals surface area contributed by atoms with Gasteiger partial charge < -0.3 is 15.1 Å². The molecule has 0 amide bonds. The van der Waals surface area contributed by atoms with Crippen molar-refractivity contribution in [2.45, 2.75) is 11.4 Å². The summed E-state index contributed by atoms with van der Waals surface area (Å²) in [6.45, 7) is 0.504. The first-order valence-corrected chi connectivity index (χ1v) is 12.8. The lowest BCUT2D eigenvalue weighted by Gasteiger charge is -2.14. The first kappa shape index (κ1) is 23.3. The topological polar surface area (TPSA) is 116 Å². The molecule has 0 spiro atoms. The SMILES string of the molecule is OP(O)NSc1cncc(-c2nc(NCc3ccccn3)c3c(-c4ccccc4)cccc3n2)c1. The fourth-order valence-corrected chi connectivity index (χ4v) is 4.71. The fraction of sp³-hybridized carbons (Fsp3) is 0.0400. The fourth-order valence-electron chi connectivity index (χ4n) is 3.67. The first-order valence-electron chi connectivity index (χ1n) is 10.7. The van der Waals surface area contributed by atoms with Gasteiger partial charge in [-0.15, -0.1) is 0 Å². The highest BCUT2D eigenvalue weighted by atomic mass is 32.2. The summed E-state index contributed by atoms with van der Waals surface area (Å²) in [5.74, 6) is 1.21. The molecule has 2 aromatic carbocycles. The van der Waals surface area contributed by atoms with Crippen LogP contribution >= 0.6 is 20.5 Å². The smallest absolute Gasteiger partial charge is 0.260 e. The molecule has 0 fully saturated rings. The number of nitrogens with zero attached hydrogens (tertiary/aromatic N) is 4. The molecule has 0 saturated heterocycles. The highest BCUT2D eigenvalue weighted by Crippen LogP contribution is 2.35. The molecule has 0 atom stereocenters. The van der Waals surface area contributed by atoms with E-state index >= 15 is 0 Å². The molecule has 0 bridgehead atoms. The molecule has 10 heteroatoms. The van der Waals surface area contributed by atoms with Crippen LogP contribution in [-0.4, -0.2) is 29.7 Å². The molecule has 174 valence electrons. The Labute approximate surface area is 207 Å². The molecule has 8 nitrogen and oxygen atoms in total. The Morgan fingerprint density at radius 2 is 1.71 bits per heavy atom. The quantitative estimate of drug-likeness (QED) is 0.169. The van der Waals surface area contributed by atoms with E-state index in [0.717, 1.165) is 39.7 Å². The molecule has 0 saturated carbocycles.